The molecule has 1 aromatic carbocycles. The third-order valence-electron chi connectivity index (χ3n) is 3.41. The van der Waals surface area contributed by atoms with Gasteiger partial charge >= 0.3 is 0 Å². The highest BCUT2D eigenvalue weighted by molar-refractivity contribution is 5.97. The molecular formula is C15H17N3O2. The molecule has 0 saturated carbocycles. The van der Waals surface area contributed by atoms with Crippen molar-refractivity contribution in [2.24, 2.45) is 10.7 Å². The van der Waals surface area contributed by atoms with Crippen LogP contribution in [0.4, 0.5) is 5.69 Å². The molecule has 1 unspecified atom stereocenters. The Morgan fingerprint density at radius 3 is 2.70 bits per heavy atom. The number of aromatic nitrogens is 1. The lowest BCUT2D eigenvalue weighted by molar-refractivity contribution is 0.0997. The molecule has 0 fully saturated rings. The number of nitrogens with two attached hydrogens (primary N) is 1. The van der Waals surface area contributed by atoms with Crippen molar-refractivity contribution in [1.29, 1.82) is 0 Å². The van der Waals surface area contributed by atoms with Gasteiger partial charge in [0, 0.05) is 17.7 Å². The molecule has 20 heavy (non-hydrogen) atoms. The van der Waals surface area contributed by atoms with Crippen LogP contribution in [0.3, 0.4) is 0 Å². The van der Waals surface area contributed by atoms with Crippen molar-refractivity contribution in [3.63, 3.8) is 0 Å². The molecule has 2 aromatic rings. The highest BCUT2D eigenvalue weighted by Gasteiger charge is 2.23. The second kappa shape index (κ2) is 5.71. The van der Waals surface area contributed by atoms with E-state index in [2.05, 4.69) is 16.7 Å². The number of primary amides is 1. The molecule has 5 heteroatoms. The third kappa shape index (κ3) is 2.35. The van der Waals surface area contributed by atoms with Gasteiger partial charge in [0.15, 0.2) is 0 Å². The molecule has 1 heterocycles. The number of aromatic amines is 1. The number of aliphatic hydroxyl groups is 1. The summed E-state index contributed by atoms with van der Waals surface area (Å²) in [6.07, 6.45) is 1.65. The molecular weight excluding hydrogens is 254 g/mol. The van der Waals surface area contributed by atoms with Crippen molar-refractivity contribution in [2.75, 3.05) is 6.61 Å². The fraction of sp³-hybridized carbons (Fsp3) is 0.200. The maximum Gasteiger partial charge on any atom is 0.267 e. The molecule has 1 aromatic heterocycles. The van der Waals surface area contributed by atoms with Crippen LogP contribution < -0.4 is 5.73 Å². The second-order valence-electron chi connectivity index (χ2n) is 4.58. The van der Waals surface area contributed by atoms with Gasteiger partial charge in [-0.1, -0.05) is 24.3 Å². The number of rotatable bonds is 5. The van der Waals surface area contributed by atoms with E-state index >= 15 is 0 Å². The number of nitrogens with zero attached hydrogens (tertiary/aromatic N) is 1. The Morgan fingerprint density at radius 1 is 1.45 bits per heavy atom. The Balaban J connectivity index is 2.56. The number of nitrogens with one attached hydrogen (secondary N) is 1. The second-order valence-corrected chi connectivity index (χ2v) is 4.58. The van der Waals surface area contributed by atoms with E-state index in [1.54, 1.807) is 6.20 Å². The van der Waals surface area contributed by atoms with Crippen LogP contribution in [0, 0.1) is 6.92 Å². The molecule has 104 valence electrons. The minimum absolute atomic E-state index is 0.0938. The summed E-state index contributed by atoms with van der Waals surface area (Å²) in [6.45, 7) is 5.36. The number of aryl methyl sites for hydroxylation is 1. The van der Waals surface area contributed by atoms with E-state index in [0.29, 0.717) is 11.3 Å². The fourth-order valence-electron chi connectivity index (χ4n) is 2.40. The summed E-state index contributed by atoms with van der Waals surface area (Å²) in [4.78, 5) is 18.0. The van der Waals surface area contributed by atoms with Gasteiger partial charge in [-0.3, -0.25) is 9.79 Å². The molecule has 1 atom stereocenters. The number of amides is 1. The quantitative estimate of drug-likeness (QED) is 0.724. The summed E-state index contributed by atoms with van der Waals surface area (Å²) in [5.74, 6) is -0.874. The molecule has 2 rings (SSSR count). The summed E-state index contributed by atoms with van der Waals surface area (Å²) in [5.41, 5.74) is 8.66. The number of hydrogen-bond donors (Lipinski definition) is 3. The number of carbonyl (C=O) groups excluding carboxylic acids is 1. The van der Waals surface area contributed by atoms with Gasteiger partial charge in [-0.25, -0.2) is 0 Å². The largest absolute Gasteiger partial charge is 0.395 e. The van der Waals surface area contributed by atoms with Crippen LogP contribution in [-0.4, -0.2) is 29.3 Å². The molecule has 0 spiro atoms. The van der Waals surface area contributed by atoms with Gasteiger partial charge in [-0.2, -0.15) is 0 Å². The van der Waals surface area contributed by atoms with Crippen LogP contribution in [0.5, 0.6) is 0 Å². The summed E-state index contributed by atoms with van der Waals surface area (Å²) >= 11 is 0. The maximum atomic E-state index is 11.3. The lowest BCUT2D eigenvalue weighted by Crippen LogP contribution is -2.12. The molecule has 0 radical (unpaired) electrons. The van der Waals surface area contributed by atoms with Gasteiger partial charge < -0.3 is 15.8 Å². The SMILES string of the molecule is C=Nc1c(C(CO)c2ccccc2C)c[nH]c1C(N)=O. The van der Waals surface area contributed by atoms with Crippen LogP contribution in [0.25, 0.3) is 0 Å². The van der Waals surface area contributed by atoms with Crippen molar-refractivity contribution in [2.45, 2.75) is 12.8 Å². The molecule has 4 N–H and O–H groups in total. The number of aliphatic hydroxyl groups excluding tert-OH is 1. The monoisotopic (exact) mass is 271 g/mol. The first kappa shape index (κ1) is 14.0. The molecule has 0 aliphatic rings. The van der Waals surface area contributed by atoms with Crippen LogP contribution in [-0.2, 0) is 0 Å². The number of hydrogen-bond acceptors (Lipinski definition) is 3. The van der Waals surface area contributed by atoms with Gasteiger partial charge in [0.1, 0.15) is 5.69 Å². The lowest BCUT2D eigenvalue weighted by Gasteiger charge is -2.17. The molecule has 0 saturated heterocycles. The Labute approximate surface area is 117 Å². The van der Waals surface area contributed by atoms with E-state index < -0.39 is 5.91 Å². The zero-order chi connectivity index (χ0) is 14.7. The average molecular weight is 271 g/mol. The van der Waals surface area contributed by atoms with Gasteiger partial charge in [-0.05, 0) is 24.8 Å². The number of H-pyrrole nitrogens is 1. The minimum Gasteiger partial charge on any atom is -0.395 e. The average Bonchev–Trinajstić information content (AvgIpc) is 2.85. The van der Waals surface area contributed by atoms with Crippen LogP contribution in [0.2, 0.25) is 0 Å². The van der Waals surface area contributed by atoms with Crippen molar-refractivity contribution >= 4 is 18.3 Å². The summed E-state index contributed by atoms with van der Waals surface area (Å²) in [6, 6.07) is 7.76. The Kier molecular flexibility index (Phi) is 4.00. The third-order valence-corrected chi connectivity index (χ3v) is 3.41. The van der Waals surface area contributed by atoms with Crippen molar-refractivity contribution in [3.8, 4) is 0 Å². The van der Waals surface area contributed by atoms with E-state index in [-0.39, 0.29) is 18.2 Å². The van der Waals surface area contributed by atoms with E-state index in [0.717, 1.165) is 11.1 Å². The van der Waals surface area contributed by atoms with Crippen molar-refractivity contribution in [1.82, 2.24) is 4.98 Å². The van der Waals surface area contributed by atoms with Gasteiger partial charge in [0.2, 0.25) is 0 Å². The summed E-state index contributed by atoms with van der Waals surface area (Å²) in [5, 5.41) is 9.73. The zero-order valence-corrected chi connectivity index (χ0v) is 11.3. The molecule has 0 bridgehead atoms. The standard InChI is InChI=1S/C15H17N3O2/c1-9-5-3-4-6-10(9)12(8-19)11-7-18-14(15(16)20)13(11)17-2/h3-7,12,18-19H,2,8H2,1H3,(H2,16,20). The number of aliphatic imine (C=N–C) groups is 1. The first-order chi connectivity index (χ1) is 9.60. The summed E-state index contributed by atoms with van der Waals surface area (Å²) in [7, 11) is 0. The maximum absolute atomic E-state index is 11.3. The van der Waals surface area contributed by atoms with Crippen LogP contribution in [0.15, 0.2) is 35.5 Å². The first-order valence-electron chi connectivity index (χ1n) is 6.24. The number of carbonyl (C=O) groups is 1. The van der Waals surface area contributed by atoms with Crippen molar-refractivity contribution < 1.29 is 9.90 Å². The van der Waals surface area contributed by atoms with Crippen molar-refractivity contribution in [3.05, 3.63) is 52.8 Å². The Hall–Kier alpha value is -2.40. The Morgan fingerprint density at radius 2 is 2.15 bits per heavy atom. The smallest absolute Gasteiger partial charge is 0.267 e. The van der Waals surface area contributed by atoms with Gasteiger partial charge in [-0.15, -0.1) is 0 Å². The predicted molar refractivity (Wildman–Crippen MR) is 78.6 cm³/mol. The fourth-order valence-corrected chi connectivity index (χ4v) is 2.40. The highest BCUT2D eigenvalue weighted by Crippen LogP contribution is 2.35. The zero-order valence-electron chi connectivity index (χ0n) is 11.3. The minimum atomic E-state index is -0.597. The van der Waals surface area contributed by atoms with Crippen LogP contribution in [0.1, 0.15) is 33.1 Å². The Bertz CT molecular complexity index is 646. The molecule has 0 aliphatic carbocycles. The highest BCUT2D eigenvalue weighted by atomic mass is 16.3. The predicted octanol–water partition coefficient (Wildman–Crippen LogP) is 1.88. The van der Waals surface area contributed by atoms with E-state index in [1.807, 2.05) is 31.2 Å². The van der Waals surface area contributed by atoms with Crippen LogP contribution >= 0.6 is 0 Å². The van der Waals surface area contributed by atoms with E-state index in [1.165, 1.54) is 0 Å². The van der Waals surface area contributed by atoms with Gasteiger partial charge in [0.25, 0.3) is 5.91 Å². The first-order valence-corrected chi connectivity index (χ1v) is 6.24. The molecule has 0 aliphatic heterocycles. The van der Waals surface area contributed by atoms with E-state index in [9.17, 15) is 9.90 Å². The topological polar surface area (TPSA) is 91.5 Å². The molecule has 1 amide bonds. The lowest BCUT2D eigenvalue weighted by atomic mass is 9.89. The molecule has 5 nitrogen and oxygen atoms in total. The normalized spacial score (nSPS) is 12.1. The van der Waals surface area contributed by atoms with E-state index in [4.69, 9.17) is 5.73 Å². The number of benzene rings is 1. The van der Waals surface area contributed by atoms with Gasteiger partial charge in [0.05, 0.1) is 12.3 Å². The summed E-state index contributed by atoms with van der Waals surface area (Å²) < 4.78 is 0.